The Morgan fingerprint density at radius 1 is 1.39 bits per heavy atom. The number of rotatable bonds is 6. The van der Waals surface area contributed by atoms with Crippen LogP contribution in [0.25, 0.3) is 0 Å². The van der Waals surface area contributed by atoms with Gasteiger partial charge in [0.1, 0.15) is 10.2 Å². The molecule has 3 aromatic rings. The Morgan fingerprint density at radius 3 is 2.82 bits per heavy atom. The van der Waals surface area contributed by atoms with Gasteiger partial charge in [-0.25, -0.2) is 14.2 Å². The molecule has 0 spiro atoms. The third kappa shape index (κ3) is 5.25. The van der Waals surface area contributed by atoms with Crippen LogP contribution in [0.15, 0.2) is 36.7 Å². The monoisotopic (exact) mass is 441 g/mol. The number of halogens is 3. The van der Waals surface area contributed by atoms with E-state index < -0.39 is 11.9 Å². The van der Waals surface area contributed by atoms with E-state index in [2.05, 4.69) is 24.1 Å². The SMILES string of the molecule is CC(C)Cc1cc(OC(=O)Nc2ncc(Cl)s2)n(Cc2c(F)cccc2Cl)c1. The number of hydrogen-bond donors (Lipinski definition) is 1. The third-order valence-electron chi connectivity index (χ3n) is 3.83. The van der Waals surface area contributed by atoms with Crippen molar-refractivity contribution < 1.29 is 13.9 Å². The van der Waals surface area contributed by atoms with Gasteiger partial charge in [0.05, 0.1) is 12.7 Å². The number of nitrogens with one attached hydrogen (secondary N) is 1. The van der Waals surface area contributed by atoms with Crippen molar-refractivity contribution in [3.63, 3.8) is 0 Å². The Labute approximate surface area is 176 Å². The van der Waals surface area contributed by atoms with E-state index >= 15 is 0 Å². The molecule has 0 unspecified atom stereocenters. The second-order valence-corrected chi connectivity index (χ2v) is 8.67. The number of carbonyl (C=O) groups excluding carboxylic acids is 1. The van der Waals surface area contributed by atoms with Gasteiger partial charge in [-0.05, 0) is 30.0 Å². The minimum Gasteiger partial charge on any atom is -0.393 e. The van der Waals surface area contributed by atoms with Gasteiger partial charge in [-0.3, -0.25) is 5.32 Å². The lowest BCUT2D eigenvalue weighted by atomic mass is 10.1. The molecule has 2 heterocycles. The maximum absolute atomic E-state index is 14.2. The van der Waals surface area contributed by atoms with Gasteiger partial charge >= 0.3 is 6.09 Å². The summed E-state index contributed by atoms with van der Waals surface area (Å²) in [6, 6.07) is 6.28. The molecule has 148 valence electrons. The Kier molecular flexibility index (Phi) is 6.59. The number of anilines is 1. The standard InChI is InChI=1S/C19H18Cl2FN3O2S/c1-11(2)6-12-7-17(27-19(26)24-18-23-8-16(21)28-18)25(9-12)10-13-14(20)4-3-5-15(13)22/h3-5,7-9,11H,6,10H2,1-2H3,(H,23,24,26). The molecule has 2 aromatic heterocycles. The average Bonchev–Trinajstić information content (AvgIpc) is 3.16. The molecular weight excluding hydrogens is 424 g/mol. The zero-order valence-electron chi connectivity index (χ0n) is 15.2. The molecule has 9 heteroatoms. The van der Waals surface area contributed by atoms with Crippen molar-refractivity contribution in [3.8, 4) is 5.88 Å². The zero-order valence-corrected chi connectivity index (χ0v) is 17.5. The lowest BCUT2D eigenvalue weighted by Crippen LogP contribution is -2.18. The largest absolute Gasteiger partial charge is 0.420 e. The summed E-state index contributed by atoms with van der Waals surface area (Å²) in [6.07, 6.45) is 3.36. The van der Waals surface area contributed by atoms with Gasteiger partial charge in [-0.15, -0.1) is 0 Å². The van der Waals surface area contributed by atoms with Crippen molar-refractivity contribution >= 4 is 45.8 Å². The second kappa shape index (κ2) is 8.94. The van der Waals surface area contributed by atoms with E-state index in [-0.39, 0.29) is 12.4 Å². The van der Waals surface area contributed by atoms with Crippen LogP contribution in [0.5, 0.6) is 5.88 Å². The molecule has 0 atom stereocenters. The number of nitrogens with zero attached hydrogens (tertiary/aromatic N) is 2. The predicted octanol–water partition coefficient (Wildman–Crippen LogP) is 6.25. The highest BCUT2D eigenvalue weighted by atomic mass is 35.5. The number of ether oxygens (including phenoxy) is 1. The number of hydrogen-bond acceptors (Lipinski definition) is 4. The van der Waals surface area contributed by atoms with E-state index in [9.17, 15) is 9.18 Å². The quantitative estimate of drug-likeness (QED) is 0.491. The summed E-state index contributed by atoms with van der Waals surface area (Å²) >= 11 is 13.1. The smallest absolute Gasteiger partial charge is 0.393 e. The summed E-state index contributed by atoms with van der Waals surface area (Å²) in [5, 5.41) is 3.16. The van der Waals surface area contributed by atoms with Crippen molar-refractivity contribution in [1.29, 1.82) is 0 Å². The predicted molar refractivity (Wildman–Crippen MR) is 110 cm³/mol. The average molecular weight is 442 g/mol. The summed E-state index contributed by atoms with van der Waals surface area (Å²) in [4.78, 5) is 16.2. The van der Waals surface area contributed by atoms with Gasteiger partial charge < -0.3 is 9.30 Å². The van der Waals surface area contributed by atoms with Crippen LogP contribution in [0.2, 0.25) is 9.36 Å². The Hall–Kier alpha value is -2.09. The fourth-order valence-corrected chi connectivity index (χ4v) is 3.73. The molecule has 0 bridgehead atoms. The summed E-state index contributed by atoms with van der Waals surface area (Å²) in [5.41, 5.74) is 1.30. The summed E-state index contributed by atoms with van der Waals surface area (Å²) < 4.78 is 21.8. The first-order chi connectivity index (χ1) is 13.3. The van der Waals surface area contributed by atoms with E-state index in [0.717, 1.165) is 23.3 Å². The van der Waals surface area contributed by atoms with Crippen LogP contribution in [0.1, 0.15) is 25.0 Å². The van der Waals surface area contributed by atoms with Crippen molar-refractivity contribution in [3.05, 3.63) is 63.0 Å². The number of aromatic nitrogens is 2. The summed E-state index contributed by atoms with van der Waals surface area (Å²) in [6.45, 7) is 4.31. The Bertz CT molecular complexity index is 967. The van der Waals surface area contributed by atoms with Crippen molar-refractivity contribution in [1.82, 2.24) is 9.55 Å². The maximum Gasteiger partial charge on any atom is 0.420 e. The highest BCUT2D eigenvalue weighted by Gasteiger charge is 2.16. The van der Waals surface area contributed by atoms with Crippen LogP contribution in [0.3, 0.4) is 0 Å². The molecule has 0 fully saturated rings. The molecule has 3 rings (SSSR count). The minimum atomic E-state index is -0.707. The molecule has 0 saturated heterocycles. The van der Waals surface area contributed by atoms with Crippen LogP contribution in [-0.2, 0) is 13.0 Å². The molecule has 5 nitrogen and oxygen atoms in total. The number of benzene rings is 1. The van der Waals surface area contributed by atoms with Crippen molar-refractivity contribution in [2.75, 3.05) is 5.32 Å². The maximum atomic E-state index is 14.2. The molecule has 0 saturated carbocycles. The normalized spacial score (nSPS) is 11.1. The second-order valence-electron chi connectivity index (χ2n) is 6.60. The molecule has 0 aliphatic rings. The third-order valence-corrected chi connectivity index (χ3v) is 5.22. The molecule has 0 aliphatic carbocycles. The van der Waals surface area contributed by atoms with Crippen LogP contribution in [-0.4, -0.2) is 15.6 Å². The minimum absolute atomic E-state index is 0.134. The van der Waals surface area contributed by atoms with Crippen LogP contribution < -0.4 is 10.1 Å². The summed E-state index contributed by atoms with van der Waals surface area (Å²) in [5.74, 6) is 0.279. The van der Waals surface area contributed by atoms with E-state index in [1.807, 2.05) is 6.20 Å². The fourth-order valence-electron chi connectivity index (χ4n) is 2.71. The summed E-state index contributed by atoms with van der Waals surface area (Å²) in [7, 11) is 0. The molecular formula is C19H18Cl2FN3O2S. The van der Waals surface area contributed by atoms with Crippen LogP contribution in [0, 0.1) is 11.7 Å². The van der Waals surface area contributed by atoms with Gasteiger partial charge in [0, 0.05) is 22.8 Å². The fraction of sp³-hybridized carbons (Fsp3) is 0.263. The van der Waals surface area contributed by atoms with Gasteiger partial charge in [0.2, 0.25) is 5.88 Å². The van der Waals surface area contributed by atoms with E-state index in [1.54, 1.807) is 22.8 Å². The first-order valence-corrected chi connectivity index (χ1v) is 10.1. The molecule has 1 aromatic carbocycles. The molecule has 0 radical (unpaired) electrons. The molecule has 1 amide bonds. The first kappa shape index (κ1) is 20.6. The Balaban J connectivity index is 1.84. The Morgan fingerprint density at radius 2 is 2.18 bits per heavy atom. The van der Waals surface area contributed by atoms with E-state index in [1.165, 1.54) is 12.3 Å². The van der Waals surface area contributed by atoms with E-state index in [4.69, 9.17) is 27.9 Å². The number of thiazole rings is 1. The highest BCUT2D eigenvalue weighted by molar-refractivity contribution is 7.19. The molecule has 0 aliphatic heterocycles. The van der Waals surface area contributed by atoms with Crippen LogP contribution >= 0.6 is 34.5 Å². The topological polar surface area (TPSA) is 56.1 Å². The first-order valence-electron chi connectivity index (χ1n) is 8.54. The number of carbonyl (C=O) groups is 1. The van der Waals surface area contributed by atoms with Gasteiger partial charge in [-0.1, -0.05) is 54.5 Å². The molecule has 28 heavy (non-hydrogen) atoms. The van der Waals surface area contributed by atoms with Crippen LogP contribution in [0.4, 0.5) is 14.3 Å². The van der Waals surface area contributed by atoms with Gasteiger partial charge in [-0.2, -0.15) is 0 Å². The highest BCUT2D eigenvalue weighted by Crippen LogP contribution is 2.27. The van der Waals surface area contributed by atoms with E-state index in [0.29, 0.717) is 26.0 Å². The molecule has 1 N–H and O–H groups in total. The van der Waals surface area contributed by atoms with Gasteiger partial charge in [0.25, 0.3) is 0 Å². The lowest BCUT2D eigenvalue weighted by molar-refractivity contribution is 0.211. The number of amides is 1. The lowest BCUT2D eigenvalue weighted by Gasteiger charge is -2.11. The zero-order chi connectivity index (χ0) is 20.3. The van der Waals surface area contributed by atoms with Crippen molar-refractivity contribution in [2.24, 2.45) is 5.92 Å². The van der Waals surface area contributed by atoms with Gasteiger partial charge in [0.15, 0.2) is 5.13 Å². The van der Waals surface area contributed by atoms with Crippen molar-refractivity contribution in [2.45, 2.75) is 26.8 Å².